The van der Waals surface area contributed by atoms with Crippen LogP contribution in [0, 0.1) is 0 Å². The monoisotopic (exact) mass is 304 g/mol. The summed E-state index contributed by atoms with van der Waals surface area (Å²) in [6.07, 6.45) is 6.05. The number of hydrogen-bond donors (Lipinski definition) is 0. The maximum Gasteiger partial charge on any atom is 0.305 e. The van der Waals surface area contributed by atoms with E-state index in [2.05, 4.69) is 26.0 Å². The van der Waals surface area contributed by atoms with Gasteiger partial charge in [-0.1, -0.05) is 32.4 Å². The lowest BCUT2D eigenvalue weighted by molar-refractivity contribution is -0.151. The van der Waals surface area contributed by atoms with Crippen molar-refractivity contribution in [2.24, 2.45) is 0 Å². The van der Waals surface area contributed by atoms with Gasteiger partial charge in [-0.05, 0) is 50.3 Å². The maximum absolute atomic E-state index is 11.7. The Hall–Kier alpha value is -1.51. The first kappa shape index (κ1) is 16.9. The molecule has 22 heavy (non-hydrogen) atoms. The van der Waals surface area contributed by atoms with E-state index in [4.69, 9.17) is 9.47 Å². The van der Waals surface area contributed by atoms with Gasteiger partial charge in [0.25, 0.3) is 0 Å². The van der Waals surface area contributed by atoms with Crippen molar-refractivity contribution in [2.75, 3.05) is 0 Å². The van der Waals surface area contributed by atoms with Crippen LogP contribution in [-0.4, -0.2) is 18.2 Å². The molecule has 1 aliphatic carbocycles. The largest absolute Gasteiger partial charge is 0.491 e. The van der Waals surface area contributed by atoms with Crippen LogP contribution in [0.25, 0.3) is 0 Å². The van der Waals surface area contributed by atoms with Crippen molar-refractivity contribution in [3.63, 3.8) is 0 Å². The zero-order valence-electron chi connectivity index (χ0n) is 14.0. The maximum atomic E-state index is 11.7. The molecule has 0 amide bonds. The molecule has 0 spiro atoms. The quantitative estimate of drug-likeness (QED) is 0.705. The molecule has 0 heterocycles. The van der Waals surface area contributed by atoms with Crippen molar-refractivity contribution < 1.29 is 14.3 Å². The fraction of sp³-hybridized carbons (Fsp3) is 0.632. The normalized spacial score (nSPS) is 22.9. The first-order chi connectivity index (χ1) is 10.6. The van der Waals surface area contributed by atoms with Crippen molar-refractivity contribution in [2.45, 2.75) is 77.4 Å². The van der Waals surface area contributed by atoms with Crippen LogP contribution in [0.2, 0.25) is 0 Å². The van der Waals surface area contributed by atoms with Crippen LogP contribution in [0.1, 0.15) is 70.8 Å². The molecule has 3 nitrogen and oxygen atoms in total. The summed E-state index contributed by atoms with van der Waals surface area (Å²) < 4.78 is 11.6. The third-order valence-electron chi connectivity index (χ3n) is 4.47. The van der Waals surface area contributed by atoms with Gasteiger partial charge in [0, 0.05) is 12.3 Å². The Bertz CT molecular complexity index is 483. The number of benzene rings is 1. The number of carbonyl (C=O) groups excluding carboxylic acids is 1. The average molecular weight is 304 g/mol. The first-order valence-corrected chi connectivity index (χ1v) is 8.60. The molecule has 1 aromatic carbocycles. The molecule has 3 heteroatoms. The van der Waals surface area contributed by atoms with Crippen molar-refractivity contribution >= 4 is 5.97 Å². The number of ether oxygens (including phenoxy) is 2. The summed E-state index contributed by atoms with van der Waals surface area (Å²) in [7, 11) is 0. The van der Waals surface area contributed by atoms with Gasteiger partial charge >= 0.3 is 5.97 Å². The lowest BCUT2D eigenvalue weighted by atomic mass is 9.81. The van der Waals surface area contributed by atoms with E-state index in [1.807, 2.05) is 19.1 Å². The van der Waals surface area contributed by atoms with E-state index in [0.29, 0.717) is 12.3 Å². The van der Waals surface area contributed by atoms with Gasteiger partial charge in [0.2, 0.25) is 0 Å². The Labute approximate surface area is 134 Å². The molecule has 1 saturated carbocycles. The molecule has 1 unspecified atom stereocenters. The molecule has 0 N–H and O–H groups in total. The van der Waals surface area contributed by atoms with Gasteiger partial charge in [0.15, 0.2) is 0 Å². The molecular weight excluding hydrogens is 276 g/mol. The molecule has 3 atom stereocenters. The third kappa shape index (κ3) is 4.49. The number of carbonyl (C=O) groups is 1. The van der Waals surface area contributed by atoms with Crippen LogP contribution < -0.4 is 4.74 Å². The minimum absolute atomic E-state index is 0.0139. The second-order valence-electron chi connectivity index (χ2n) is 6.18. The van der Waals surface area contributed by atoms with Crippen LogP contribution in [0.15, 0.2) is 24.3 Å². The van der Waals surface area contributed by atoms with Crippen LogP contribution in [0.5, 0.6) is 5.75 Å². The van der Waals surface area contributed by atoms with Gasteiger partial charge in [0.05, 0.1) is 6.10 Å². The summed E-state index contributed by atoms with van der Waals surface area (Å²) in [5, 5.41) is 0. The van der Waals surface area contributed by atoms with Crippen LogP contribution in [0.3, 0.4) is 0 Å². The van der Waals surface area contributed by atoms with Gasteiger partial charge in [-0.25, -0.2) is 0 Å². The molecule has 0 aromatic heterocycles. The Morgan fingerprint density at radius 1 is 1.27 bits per heavy atom. The highest BCUT2D eigenvalue weighted by atomic mass is 16.5. The molecule has 1 aromatic rings. The number of esters is 1. The Morgan fingerprint density at radius 2 is 2.05 bits per heavy atom. The standard InChI is InChI=1S/C19H28O3/c1-4-14(3)21-16-10-8-9-15(13-16)17-11-6-7-12-18(17)22-19(20)5-2/h8-10,13-14,17-18H,4-7,11-12H2,1-3H3/t14?,17-,18+/m1/s1. The summed E-state index contributed by atoms with van der Waals surface area (Å²) in [6.45, 7) is 6.05. The predicted molar refractivity (Wildman–Crippen MR) is 88.2 cm³/mol. The van der Waals surface area contributed by atoms with Gasteiger partial charge in [-0.15, -0.1) is 0 Å². The smallest absolute Gasteiger partial charge is 0.305 e. The van der Waals surface area contributed by atoms with Crippen molar-refractivity contribution in [3.05, 3.63) is 29.8 Å². The van der Waals surface area contributed by atoms with Crippen molar-refractivity contribution in [3.8, 4) is 5.75 Å². The summed E-state index contributed by atoms with van der Waals surface area (Å²) in [5.74, 6) is 1.12. The molecule has 1 fully saturated rings. The van der Waals surface area contributed by atoms with E-state index < -0.39 is 0 Å². The van der Waals surface area contributed by atoms with Gasteiger partial charge in [-0.2, -0.15) is 0 Å². The highest BCUT2D eigenvalue weighted by molar-refractivity contribution is 5.69. The Morgan fingerprint density at radius 3 is 2.77 bits per heavy atom. The van der Waals surface area contributed by atoms with E-state index in [0.717, 1.165) is 31.4 Å². The van der Waals surface area contributed by atoms with Gasteiger partial charge < -0.3 is 9.47 Å². The third-order valence-corrected chi connectivity index (χ3v) is 4.47. The van der Waals surface area contributed by atoms with Crippen LogP contribution in [-0.2, 0) is 9.53 Å². The zero-order chi connectivity index (χ0) is 15.9. The number of rotatable bonds is 6. The SMILES string of the molecule is CCC(=O)O[C@H]1CCCC[C@@H]1c1cccc(OC(C)CC)c1. The molecule has 122 valence electrons. The van der Waals surface area contributed by atoms with Crippen LogP contribution >= 0.6 is 0 Å². The molecule has 0 aliphatic heterocycles. The highest BCUT2D eigenvalue weighted by Gasteiger charge is 2.29. The second-order valence-corrected chi connectivity index (χ2v) is 6.18. The van der Waals surface area contributed by atoms with Gasteiger partial charge in [0.1, 0.15) is 11.9 Å². The van der Waals surface area contributed by atoms with Crippen LogP contribution in [0.4, 0.5) is 0 Å². The van der Waals surface area contributed by atoms with Gasteiger partial charge in [-0.3, -0.25) is 4.79 Å². The molecular formula is C19H28O3. The summed E-state index contributed by atoms with van der Waals surface area (Å²) in [5.41, 5.74) is 1.23. The fourth-order valence-electron chi connectivity index (χ4n) is 3.01. The zero-order valence-corrected chi connectivity index (χ0v) is 14.0. The predicted octanol–water partition coefficient (Wildman–Crippen LogP) is 4.84. The van der Waals surface area contributed by atoms with E-state index in [9.17, 15) is 4.79 Å². The highest BCUT2D eigenvalue weighted by Crippen LogP contribution is 2.36. The average Bonchev–Trinajstić information content (AvgIpc) is 2.55. The molecule has 0 radical (unpaired) electrons. The minimum Gasteiger partial charge on any atom is -0.491 e. The Balaban J connectivity index is 2.13. The Kier molecular flexibility index (Phi) is 6.29. The van der Waals surface area contributed by atoms with Crippen molar-refractivity contribution in [1.82, 2.24) is 0 Å². The fourth-order valence-corrected chi connectivity index (χ4v) is 3.01. The molecule has 1 aliphatic rings. The minimum atomic E-state index is -0.0936. The van der Waals surface area contributed by atoms with E-state index in [1.165, 1.54) is 12.0 Å². The second kappa shape index (κ2) is 8.21. The van der Waals surface area contributed by atoms with E-state index in [1.54, 1.807) is 0 Å². The number of hydrogen-bond acceptors (Lipinski definition) is 3. The first-order valence-electron chi connectivity index (χ1n) is 8.60. The summed E-state index contributed by atoms with van der Waals surface area (Å²) in [4.78, 5) is 11.7. The lowest BCUT2D eigenvalue weighted by Crippen LogP contribution is -2.28. The van der Waals surface area contributed by atoms with E-state index >= 15 is 0 Å². The van der Waals surface area contributed by atoms with Crippen molar-refractivity contribution in [1.29, 1.82) is 0 Å². The van der Waals surface area contributed by atoms with E-state index in [-0.39, 0.29) is 18.2 Å². The lowest BCUT2D eigenvalue weighted by Gasteiger charge is -2.31. The molecule has 0 bridgehead atoms. The molecule has 2 rings (SSSR count). The topological polar surface area (TPSA) is 35.5 Å². The summed E-state index contributed by atoms with van der Waals surface area (Å²) in [6, 6.07) is 8.30. The summed E-state index contributed by atoms with van der Waals surface area (Å²) >= 11 is 0. The molecule has 0 saturated heterocycles.